The van der Waals surface area contributed by atoms with Crippen molar-refractivity contribution in [2.75, 3.05) is 6.61 Å². The topological polar surface area (TPSA) is 95.5 Å². The number of carbonyl (C=O) groups is 1. The van der Waals surface area contributed by atoms with Crippen molar-refractivity contribution in [2.24, 2.45) is 0 Å². The molecule has 23 heavy (non-hydrogen) atoms. The van der Waals surface area contributed by atoms with E-state index in [-0.39, 0.29) is 16.7 Å². The fraction of sp³-hybridized carbons (Fsp3) is 0.188. The van der Waals surface area contributed by atoms with E-state index in [0.29, 0.717) is 0 Å². The van der Waals surface area contributed by atoms with Crippen molar-refractivity contribution in [1.82, 2.24) is 4.72 Å². The second-order valence-corrected chi connectivity index (χ2v) is 6.60. The first-order chi connectivity index (χ1) is 10.9. The second kappa shape index (κ2) is 7.26. The number of carboxylic acids is 1. The summed E-state index contributed by atoms with van der Waals surface area (Å²) >= 11 is 0. The minimum atomic E-state index is -3.69. The van der Waals surface area contributed by atoms with E-state index in [9.17, 15) is 18.3 Å². The first kappa shape index (κ1) is 17.0. The van der Waals surface area contributed by atoms with Gasteiger partial charge in [0.05, 0.1) is 10.9 Å². The molecule has 0 aromatic heterocycles. The van der Waals surface area contributed by atoms with E-state index in [1.54, 1.807) is 6.92 Å². The van der Waals surface area contributed by atoms with Gasteiger partial charge in [-0.25, -0.2) is 13.1 Å². The molecule has 122 valence electrons. The van der Waals surface area contributed by atoms with Gasteiger partial charge in [0, 0.05) is 6.04 Å². The van der Waals surface area contributed by atoms with Crippen molar-refractivity contribution in [3.63, 3.8) is 0 Å². The molecule has 0 spiro atoms. The van der Waals surface area contributed by atoms with Crippen LogP contribution in [0.1, 0.15) is 18.5 Å². The van der Waals surface area contributed by atoms with Crippen molar-refractivity contribution in [3.05, 3.63) is 60.2 Å². The molecular weight excluding hydrogens is 318 g/mol. The Balaban J connectivity index is 2.08. The van der Waals surface area contributed by atoms with Gasteiger partial charge in [0.1, 0.15) is 12.4 Å². The average molecular weight is 334 g/mol. The number of hydrogen-bond acceptors (Lipinski definition) is 5. The highest BCUT2D eigenvalue weighted by Crippen LogP contribution is 2.19. The van der Waals surface area contributed by atoms with Crippen molar-refractivity contribution < 1.29 is 23.1 Å². The fourth-order valence-corrected chi connectivity index (χ4v) is 3.20. The third-order valence-electron chi connectivity index (χ3n) is 3.12. The number of carbonyl (C=O) groups excluding carboxylic acids is 1. The lowest BCUT2D eigenvalue weighted by atomic mass is 10.1. The number of hydrogen-bond donors (Lipinski definition) is 1. The van der Waals surface area contributed by atoms with Crippen LogP contribution in [0.25, 0.3) is 0 Å². The van der Waals surface area contributed by atoms with Gasteiger partial charge in [-0.2, -0.15) is 0 Å². The van der Waals surface area contributed by atoms with Gasteiger partial charge in [-0.05, 0) is 36.8 Å². The number of benzene rings is 2. The number of carboxylic acid groups (broad SMARTS) is 1. The molecule has 6 nitrogen and oxygen atoms in total. The van der Waals surface area contributed by atoms with E-state index < -0.39 is 22.6 Å². The molecule has 1 atom stereocenters. The molecule has 2 aromatic rings. The lowest BCUT2D eigenvalue weighted by molar-refractivity contribution is -0.307. The zero-order valence-electron chi connectivity index (χ0n) is 12.4. The molecule has 0 heterocycles. The van der Waals surface area contributed by atoms with Gasteiger partial charge in [-0.15, -0.1) is 0 Å². The van der Waals surface area contributed by atoms with Crippen molar-refractivity contribution in [2.45, 2.75) is 17.9 Å². The van der Waals surface area contributed by atoms with E-state index in [1.807, 2.05) is 30.3 Å². The summed E-state index contributed by atoms with van der Waals surface area (Å²) in [6, 6.07) is 14.3. The van der Waals surface area contributed by atoms with Gasteiger partial charge >= 0.3 is 0 Å². The molecule has 0 saturated heterocycles. The van der Waals surface area contributed by atoms with E-state index in [2.05, 4.69) is 4.72 Å². The first-order valence-corrected chi connectivity index (χ1v) is 8.37. The summed E-state index contributed by atoms with van der Waals surface area (Å²) in [6.07, 6.45) is 0. The minimum Gasteiger partial charge on any atom is -0.546 e. The number of nitrogens with one attached hydrogen (secondary N) is 1. The zero-order valence-corrected chi connectivity index (χ0v) is 13.2. The van der Waals surface area contributed by atoms with Gasteiger partial charge in [0.15, 0.2) is 0 Å². The van der Waals surface area contributed by atoms with E-state index in [0.717, 1.165) is 5.56 Å². The fourth-order valence-electron chi connectivity index (χ4n) is 1.97. The lowest BCUT2D eigenvalue weighted by Crippen LogP contribution is -2.29. The van der Waals surface area contributed by atoms with Crippen molar-refractivity contribution >= 4 is 16.0 Å². The van der Waals surface area contributed by atoms with E-state index in [4.69, 9.17) is 4.74 Å². The molecule has 0 amide bonds. The van der Waals surface area contributed by atoms with Gasteiger partial charge in [0.25, 0.3) is 0 Å². The standard InChI is InChI=1S/C16H17NO5S/c1-12(13-5-3-2-4-6-13)17-23(20,21)15-9-7-14(8-10-15)22-11-16(18)19/h2-10,12,17H,11H2,1H3,(H,18,19)/p-1/t12-/m1/s1. The van der Waals surface area contributed by atoms with Crippen LogP contribution in [0.5, 0.6) is 5.75 Å². The predicted molar refractivity (Wildman–Crippen MR) is 82.1 cm³/mol. The monoisotopic (exact) mass is 334 g/mol. The van der Waals surface area contributed by atoms with Crippen LogP contribution in [-0.2, 0) is 14.8 Å². The van der Waals surface area contributed by atoms with Crippen LogP contribution in [0.2, 0.25) is 0 Å². The number of ether oxygens (including phenoxy) is 1. The summed E-state index contributed by atoms with van der Waals surface area (Å²) in [5.74, 6) is -1.09. The zero-order chi connectivity index (χ0) is 16.9. The Kier molecular flexibility index (Phi) is 5.36. The highest BCUT2D eigenvalue weighted by atomic mass is 32.2. The summed E-state index contributed by atoms with van der Waals surface area (Å²) in [4.78, 5) is 10.4. The maximum Gasteiger partial charge on any atom is 0.241 e. The third-order valence-corrected chi connectivity index (χ3v) is 4.68. The molecule has 1 N–H and O–H groups in total. The summed E-state index contributed by atoms with van der Waals surface area (Å²) in [7, 11) is -3.69. The van der Waals surface area contributed by atoms with Crippen LogP contribution in [0.4, 0.5) is 0 Å². The highest BCUT2D eigenvalue weighted by molar-refractivity contribution is 7.89. The Morgan fingerprint density at radius 2 is 1.74 bits per heavy atom. The highest BCUT2D eigenvalue weighted by Gasteiger charge is 2.18. The molecule has 0 aliphatic heterocycles. The van der Waals surface area contributed by atoms with Crippen LogP contribution in [0.3, 0.4) is 0 Å². The Labute approximate surface area is 134 Å². The van der Waals surface area contributed by atoms with Gasteiger partial charge < -0.3 is 14.6 Å². The van der Waals surface area contributed by atoms with Gasteiger partial charge in [-0.3, -0.25) is 0 Å². The Hall–Kier alpha value is -2.38. The summed E-state index contributed by atoms with van der Waals surface area (Å²) in [6.45, 7) is 1.17. The molecule has 0 aliphatic carbocycles. The molecule has 7 heteroatoms. The SMILES string of the molecule is C[C@@H](NS(=O)(=O)c1ccc(OCC(=O)[O-])cc1)c1ccccc1. The molecule has 2 rings (SSSR count). The molecule has 0 bridgehead atoms. The molecule has 0 radical (unpaired) electrons. The van der Waals surface area contributed by atoms with Crippen molar-refractivity contribution in [1.29, 1.82) is 0 Å². The first-order valence-electron chi connectivity index (χ1n) is 6.88. The predicted octanol–water partition coefficient (Wildman–Crippen LogP) is 0.855. The average Bonchev–Trinajstić information content (AvgIpc) is 2.53. The van der Waals surface area contributed by atoms with Gasteiger partial charge in [0.2, 0.25) is 10.0 Å². The molecule has 0 saturated carbocycles. The second-order valence-electron chi connectivity index (χ2n) is 4.89. The normalized spacial score (nSPS) is 12.6. The van der Waals surface area contributed by atoms with Crippen LogP contribution < -0.4 is 14.6 Å². The Bertz CT molecular complexity index is 757. The maximum atomic E-state index is 12.3. The Morgan fingerprint density at radius 3 is 2.30 bits per heavy atom. The molecule has 0 aliphatic rings. The minimum absolute atomic E-state index is 0.0704. The number of sulfonamides is 1. The van der Waals surface area contributed by atoms with E-state index in [1.165, 1.54) is 24.3 Å². The molecule has 2 aromatic carbocycles. The van der Waals surface area contributed by atoms with Crippen molar-refractivity contribution in [3.8, 4) is 5.75 Å². The third kappa shape index (κ3) is 4.80. The largest absolute Gasteiger partial charge is 0.546 e. The van der Waals surface area contributed by atoms with E-state index >= 15 is 0 Å². The van der Waals surface area contributed by atoms with Crippen LogP contribution in [-0.4, -0.2) is 21.0 Å². The Morgan fingerprint density at radius 1 is 1.13 bits per heavy atom. The number of aliphatic carboxylic acids is 1. The van der Waals surface area contributed by atoms with Gasteiger partial charge in [-0.1, -0.05) is 30.3 Å². The van der Waals surface area contributed by atoms with Crippen LogP contribution in [0, 0.1) is 0 Å². The molecular formula is C16H16NO5S-. The van der Waals surface area contributed by atoms with Crippen LogP contribution in [0.15, 0.2) is 59.5 Å². The molecule has 0 fully saturated rings. The lowest BCUT2D eigenvalue weighted by Gasteiger charge is -2.15. The number of rotatable bonds is 7. The molecule has 0 unspecified atom stereocenters. The summed E-state index contributed by atoms with van der Waals surface area (Å²) in [5, 5.41) is 10.3. The maximum absolute atomic E-state index is 12.3. The summed E-state index contributed by atoms with van der Waals surface area (Å²) in [5.41, 5.74) is 0.852. The smallest absolute Gasteiger partial charge is 0.241 e. The quantitative estimate of drug-likeness (QED) is 0.810. The van der Waals surface area contributed by atoms with Crippen LogP contribution >= 0.6 is 0 Å². The summed E-state index contributed by atoms with van der Waals surface area (Å²) < 4.78 is 32.2.